The lowest BCUT2D eigenvalue weighted by molar-refractivity contribution is -0.180. The third-order valence-electron chi connectivity index (χ3n) is 11.5. The van der Waals surface area contributed by atoms with Gasteiger partial charge in [0, 0.05) is 12.3 Å². The van der Waals surface area contributed by atoms with Gasteiger partial charge in [-0.15, -0.1) is 0 Å². The molecule has 0 radical (unpaired) electrons. The van der Waals surface area contributed by atoms with E-state index < -0.39 is 12.3 Å². The van der Waals surface area contributed by atoms with E-state index in [4.69, 9.17) is 23.7 Å². The third kappa shape index (κ3) is 6.01. The number of esters is 1. The second-order valence-corrected chi connectivity index (χ2v) is 13.3. The van der Waals surface area contributed by atoms with E-state index in [-0.39, 0.29) is 47.4 Å². The Balaban J connectivity index is 1.57. The molecule has 4 fully saturated rings. The fourth-order valence-corrected chi connectivity index (χ4v) is 9.58. The molecule has 10 atom stereocenters. The Labute approximate surface area is 239 Å². The molecule has 0 aliphatic heterocycles. The van der Waals surface area contributed by atoms with Gasteiger partial charge in [0.2, 0.25) is 0 Å². The molecule has 0 aromatic rings. The van der Waals surface area contributed by atoms with Gasteiger partial charge >= 0.3 is 18.3 Å². The predicted octanol–water partition coefficient (Wildman–Crippen LogP) is 7.09. The Hall–Kier alpha value is -2.25. The van der Waals surface area contributed by atoms with Crippen LogP contribution in [0.25, 0.3) is 0 Å². The van der Waals surface area contributed by atoms with Crippen LogP contribution in [-0.2, 0) is 28.5 Å². The Bertz CT molecular complexity index is 934. The van der Waals surface area contributed by atoms with E-state index in [2.05, 4.69) is 27.4 Å². The quantitative estimate of drug-likeness (QED) is 0.167. The number of hydrogen-bond acceptors (Lipinski definition) is 8. The molecule has 8 nitrogen and oxygen atoms in total. The van der Waals surface area contributed by atoms with Crippen LogP contribution in [0.4, 0.5) is 9.59 Å². The van der Waals surface area contributed by atoms with Crippen LogP contribution in [0.3, 0.4) is 0 Å². The monoisotopic (exact) mass is 562 g/mol. The average molecular weight is 563 g/mol. The summed E-state index contributed by atoms with van der Waals surface area (Å²) in [6.45, 7) is 13.0. The first kappa shape index (κ1) is 30.7. The number of carbonyl (C=O) groups is 3. The normalized spacial score (nSPS) is 39.0. The summed E-state index contributed by atoms with van der Waals surface area (Å²) in [7, 11) is 1.45. The second kappa shape index (κ2) is 12.7. The van der Waals surface area contributed by atoms with Crippen LogP contribution in [0.15, 0.2) is 12.7 Å². The van der Waals surface area contributed by atoms with Crippen LogP contribution in [0.2, 0.25) is 0 Å². The van der Waals surface area contributed by atoms with E-state index in [9.17, 15) is 14.4 Å². The summed E-state index contributed by atoms with van der Waals surface area (Å²) in [6, 6.07) is 0. The molecule has 0 saturated heterocycles. The summed E-state index contributed by atoms with van der Waals surface area (Å²) in [6.07, 6.45) is 9.00. The Morgan fingerprint density at radius 3 is 2.35 bits per heavy atom. The molecular formula is C32H50O8. The van der Waals surface area contributed by atoms with Crippen molar-refractivity contribution in [2.45, 2.75) is 104 Å². The van der Waals surface area contributed by atoms with Crippen molar-refractivity contribution in [1.82, 2.24) is 0 Å². The summed E-state index contributed by atoms with van der Waals surface area (Å²) in [5.41, 5.74) is 0.233. The molecule has 0 heterocycles. The highest BCUT2D eigenvalue weighted by molar-refractivity contribution is 5.69. The lowest BCUT2D eigenvalue weighted by Crippen LogP contribution is -2.59. The summed E-state index contributed by atoms with van der Waals surface area (Å²) < 4.78 is 27.1. The Kier molecular flexibility index (Phi) is 9.77. The average Bonchev–Trinajstić information content (AvgIpc) is 3.28. The van der Waals surface area contributed by atoms with E-state index in [1.54, 1.807) is 13.0 Å². The van der Waals surface area contributed by atoms with E-state index >= 15 is 0 Å². The lowest BCUT2D eigenvalue weighted by Gasteiger charge is -2.62. The highest BCUT2D eigenvalue weighted by Crippen LogP contribution is 2.69. The lowest BCUT2D eigenvalue weighted by atomic mass is 9.43. The van der Waals surface area contributed by atoms with Crippen molar-refractivity contribution in [3.63, 3.8) is 0 Å². The largest absolute Gasteiger partial charge is 0.508 e. The van der Waals surface area contributed by atoms with Crippen LogP contribution in [0.1, 0.15) is 91.9 Å². The van der Waals surface area contributed by atoms with Crippen molar-refractivity contribution in [2.75, 3.05) is 20.3 Å². The first-order valence-electron chi connectivity index (χ1n) is 15.4. The summed E-state index contributed by atoms with van der Waals surface area (Å²) in [5, 5.41) is 0. The van der Waals surface area contributed by atoms with Crippen molar-refractivity contribution in [3.8, 4) is 0 Å². The van der Waals surface area contributed by atoms with Crippen LogP contribution in [0.5, 0.6) is 0 Å². The van der Waals surface area contributed by atoms with Crippen molar-refractivity contribution >= 4 is 18.3 Å². The third-order valence-corrected chi connectivity index (χ3v) is 11.5. The van der Waals surface area contributed by atoms with E-state index in [1.165, 1.54) is 7.11 Å². The van der Waals surface area contributed by atoms with Crippen molar-refractivity contribution in [1.29, 1.82) is 0 Å². The highest BCUT2D eigenvalue weighted by atomic mass is 16.7. The molecule has 0 bridgehead atoms. The molecular weight excluding hydrogens is 512 g/mol. The first-order chi connectivity index (χ1) is 19.1. The molecule has 0 spiro atoms. The minimum Gasteiger partial charge on any atom is -0.469 e. The Morgan fingerprint density at radius 1 is 0.950 bits per heavy atom. The minimum atomic E-state index is -0.629. The second-order valence-electron chi connectivity index (χ2n) is 13.3. The van der Waals surface area contributed by atoms with Gasteiger partial charge < -0.3 is 23.7 Å². The molecule has 4 aliphatic rings. The molecule has 0 N–H and O–H groups in total. The van der Waals surface area contributed by atoms with Crippen molar-refractivity contribution in [3.05, 3.63) is 12.7 Å². The molecule has 226 valence electrons. The van der Waals surface area contributed by atoms with Crippen molar-refractivity contribution in [2.24, 2.45) is 46.3 Å². The molecule has 0 amide bonds. The number of hydrogen-bond donors (Lipinski definition) is 0. The molecule has 0 unspecified atom stereocenters. The van der Waals surface area contributed by atoms with Gasteiger partial charge in [0.25, 0.3) is 0 Å². The SMILES string of the molecule is C=CCOC(=O)O[C@@H]1C[C@@H]2C[C@H](OC(=O)OCC)CC[C@]2(C)[C@H]2CC[C@]3(C)[C@@H]([C@H](C)CCC(=O)OC)CC[C@H]3[C@H]12. The van der Waals surface area contributed by atoms with Crippen molar-refractivity contribution < 1.29 is 38.1 Å². The molecule has 40 heavy (non-hydrogen) atoms. The fraction of sp³-hybridized carbons (Fsp3) is 0.844. The smallest absolute Gasteiger partial charge is 0.469 e. The Morgan fingerprint density at radius 2 is 1.65 bits per heavy atom. The molecule has 0 aromatic heterocycles. The van der Waals surface area contributed by atoms with E-state index in [0.717, 1.165) is 57.8 Å². The van der Waals surface area contributed by atoms with E-state index in [1.807, 2.05) is 0 Å². The standard InChI is InChI=1S/C32H50O8/c1-7-17-38-30(35)40-26-19-21-18-22(39-29(34)37-8-2)13-15-31(21,4)25-14-16-32(5)23(10-11-24(32)28(25)26)20(3)9-12-27(33)36-6/h7,20-26,28H,1,8-19H2,2-6H3/t20-,21+,22-,23-,24+,25+,26-,28+,31+,32-/m1/s1. The first-order valence-corrected chi connectivity index (χ1v) is 15.4. The molecule has 4 rings (SSSR count). The number of ether oxygens (including phenoxy) is 5. The molecule has 8 heteroatoms. The number of rotatable bonds is 9. The summed E-state index contributed by atoms with van der Waals surface area (Å²) in [4.78, 5) is 36.7. The van der Waals surface area contributed by atoms with Gasteiger partial charge in [-0.05, 0) is 105 Å². The molecule has 4 aliphatic carbocycles. The maximum absolute atomic E-state index is 12.8. The van der Waals surface area contributed by atoms with Gasteiger partial charge in [-0.1, -0.05) is 33.4 Å². The zero-order chi connectivity index (χ0) is 29.1. The predicted molar refractivity (Wildman–Crippen MR) is 149 cm³/mol. The summed E-state index contributed by atoms with van der Waals surface area (Å²) in [5.74, 6) is 2.21. The van der Waals surface area contributed by atoms with Crippen LogP contribution in [-0.4, -0.2) is 50.8 Å². The van der Waals surface area contributed by atoms with Gasteiger partial charge in [0.15, 0.2) is 0 Å². The number of fused-ring (bicyclic) bond motifs is 5. The molecule has 0 aromatic carbocycles. The molecule has 4 saturated carbocycles. The number of carbonyl (C=O) groups excluding carboxylic acids is 3. The topological polar surface area (TPSA) is 97.4 Å². The maximum atomic E-state index is 12.8. The highest BCUT2D eigenvalue weighted by Gasteiger charge is 2.64. The van der Waals surface area contributed by atoms with Gasteiger partial charge in [-0.25, -0.2) is 9.59 Å². The maximum Gasteiger partial charge on any atom is 0.508 e. The van der Waals surface area contributed by atoms with Gasteiger partial charge in [0.1, 0.15) is 18.8 Å². The zero-order valence-electron chi connectivity index (χ0n) is 25.2. The van der Waals surface area contributed by atoms with Gasteiger partial charge in [-0.3, -0.25) is 4.79 Å². The van der Waals surface area contributed by atoms with Crippen LogP contribution >= 0.6 is 0 Å². The van der Waals surface area contributed by atoms with Crippen LogP contribution < -0.4 is 0 Å². The summed E-state index contributed by atoms with van der Waals surface area (Å²) >= 11 is 0. The van der Waals surface area contributed by atoms with E-state index in [0.29, 0.717) is 36.7 Å². The fourth-order valence-electron chi connectivity index (χ4n) is 9.58. The minimum absolute atomic E-state index is 0.0972. The van der Waals surface area contributed by atoms with Gasteiger partial charge in [-0.2, -0.15) is 0 Å². The number of methoxy groups -OCH3 is 1. The zero-order valence-corrected chi connectivity index (χ0v) is 25.2. The van der Waals surface area contributed by atoms with Crippen LogP contribution in [0, 0.1) is 46.3 Å². The van der Waals surface area contributed by atoms with Gasteiger partial charge in [0.05, 0.1) is 13.7 Å².